The number of carbonyl (C=O) groups excluding carboxylic acids is 2. The summed E-state index contributed by atoms with van der Waals surface area (Å²) in [6, 6.07) is 8.08. The minimum absolute atomic E-state index is 0.0304. The smallest absolute Gasteiger partial charge is 0.252 e. The number of carbonyl (C=O) groups is 2. The average Bonchev–Trinajstić information content (AvgIpc) is 2.81. The van der Waals surface area contributed by atoms with E-state index < -0.39 is 0 Å². The minimum atomic E-state index is 0.0304. The summed E-state index contributed by atoms with van der Waals surface area (Å²) in [4.78, 5) is 27.5. The van der Waals surface area contributed by atoms with Crippen LogP contribution >= 0.6 is 11.8 Å². The maximum absolute atomic E-state index is 13.5. The van der Waals surface area contributed by atoms with E-state index in [-0.39, 0.29) is 23.4 Å². The molecule has 9 rings (SSSR count). The molecule has 0 saturated heterocycles. The van der Waals surface area contributed by atoms with Gasteiger partial charge in [-0.15, -0.1) is 11.8 Å². The normalized spacial score (nSPS) is 42.4. The summed E-state index contributed by atoms with van der Waals surface area (Å²) in [5.41, 5.74) is 1.07. The Bertz CT molecular complexity index is 980. The quantitative estimate of drug-likeness (QED) is 0.433. The minimum Gasteiger partial charge on any atom is -0.350 e. The molecule has 0 aliphatic heterocycles. The lowest BCUT2D eigenvalue weighted by molar-refractivity contribution is -0.124. The van der Waals surface area contributed by atoms with Crippen LogP contribution in [0.3, 0.4) is 0 Å². The van der Waals surface area contributed by atoms with Crippen LogP contribution in [-0.2, 0) is 4.79 Å². The first kappa shape index (κ1) is 23.6. The van der Waals surface area contributed by atoms with Crippen molar-refractivity contribution in [2.24, 2.45) is 40.9 Å². The molecule has 8 bridgehead atoms. The van der Waals surface area contributed by atoms with E-state index in [0.717, 1.165) is 46.0 Å². The van der Waals surface area contributed by atoms with Gasteiger partial charge in [0, 0.05) is 16.5 Å². The molecule has 1 atom stereocenters. The van der Waals surface area contributed by atoms with Gasteiger partial charge in [-0.2, -0.15) is 0 Å². The van der Waals surface area contributed by atoms with Crippen molar-refractivity contribution in [3.05, 3.63) is 29.8 Å². The van der Waals surface area contributed by atoms with Gasteiger partial charge in [-0.3, -0.25) is 9.59 Å². The lowest BCUT2D eigenvalue weighted by Crippen LogP contribution is -2.60. The second kappa shape index (κ2) is 8.78. The first-order valence-electron chi connectivity index (χ1n) is 14.7. The first-order valence-corrected chi connectivity index (χ1v) is 15.7. The molecule has 1 aromatic carbocycles. The van der Waals surface area contributed by atoms with E-state index >= 15 is 0 Å². The third-order valence-corrected chi connectivity index (χ3v) is 12.4. The molecule has 0 heterocycles. The highest BCUT2D eigenvalue weighted by atomic mass is 32.2. The van der Waals surface area contributed by atoms with E-state index in [2.05, 4.69) is 17.6 Å². The van der Waals surface area contributed by atoms with Crippen LogP contribution in [0.4, 0.5) is 0 Å². The van der Waals surface area contributed by atoms with E-state index in [1.807, 2.05) is 24.3 Å². The molecule has 8 saturated carbocycles. The molecule has 0 radical (unpaired) electrons. The Morgan fingerprint density at radius 2 is 1.33 bits per heavy atom. The number of benzene rings is 1. The molecule has 8 fully saturated rings. The standard InChI is InChI=1S/C31H42N2O2S/c1-19(30-12-20-6-21(13-30)8-22(7-20)14-30)32-29(35)26-4-2-3-5-27(26)36-18-28(34)33-31-15-23-9-24(16-31)11-25(10-23)17-31/h2-5,19-25H,6-18H2,1H3,(H,32,35)(H,33,34). The lowest BCUT2D eigenvalue weighted by atomic mass is 9.48. The van der Waals surface area contributed by atoms with Crippen LogP contribution in [-0.4, -0.2) is 29.1 Å². The maximum Gasteiger partial charge on any atom is 0.252 e. The Morgan fingerprint density at radius 1 is 0.833 bits per heavy atom. The summed E-state index contributed by atoms with van der Waals surface area (Å²) in [7, 11) is 0. The summed E-state index contributed by atoms with van der Waals surface area (Å²) in [5, 5.41) is 6.92. The van der Waals surface area contributed by atoms with Crippen molar-refractivity contribution in [3.8, 4) is 0 Å². The topological polar surface area (TPSA) is 58.2 Å². The van der Waals surface area contributed by atoms with Crippen molar-refractivity contribution < 1.29 is 9.59 Å². The summed E-state index contributed by atoms with van der Waals surface area (Å²) >= 11 is 1.53. The third-order valence-electron chi connectivity index (χ3n) is 11.3. The van der Waals surface area contributed by atoms with Crippen LogP contribution in [0.25, 0.3) is 0 Å². The predicted octanol–water partition coefficient (Wildman–Crippen LogP) is 6.20. The highest BCUT2D eigenvalue weighted by molar-refractivity contribution is 8.00. The van der Waals surface area contributed by atoms with Gasteiger partial charge in [-0.05, 0) is 137 Å². The SMILES string of the molecule is CC(NC(=O)c1ccccc1SCC(=O)NC12CC3CC(CC(C3)C1)C2)C12CC3CC(CC(C3)C1)C2. The summed E-state index contributed by atoms with van der Waals surface area (Å²) in [6.07, 6.45) is 15.8. The zero-order valence-electron chi connectivity index (χ0n) is 21.8. The molecule has 2 amide bonds. The van der Waals surface area contributed by atoms with Gasteiger partial charge in [0.05, 0.1) is 11.3 Å². The number of rotatable bonds is 7. The molecule has 8 aliphatic carbocycles. The molecule has 5 heteroatoms. The molecular formula is C31H42N2O2S. The molecule has 2 N–H and O–H groups in total. The van der Waals surface area contributed by atoms with Gasteiger partial charge in [0.15, 0.2) is 0 Å². The number of nitrogens with one attached hydrogen (secondary N) is 2. The largest absolute Gasteiger partial charge is 0.350 e. The van der Waals surface area contributed by atoms with Gasteiger partial charge in [0.1, 0.15) is 0 Å². The highest BCUT2D eigenvalue weighted by Crippen LogP contribution is 2.61. The van der Waals surface area contributed by atoms with Crippen molar-refractivity contribution in [2.45, 2.75) is 100 Å². The molecule has 0 aromatic heterocycles. The van der Waals surface area contributed by atoms with Gasteiger partial charge in [0.25, 0.3) is 5.91 Å². The Labute approximate surface area is 220 Å². The molecule has 0 spiro atoms. The Kier molecular flexibility index (Phi) is 5.76. The fraction of sp³-hybridized carbons (Fsp3) is 0.742. The van der Waals surface area contributed by atoms with Gasteiger partial charge >= 0.3 is 0 Å². The average molecular weight is 507 g/mol. The van der Waals surface area contributed by atoms with E-state index in [1.54, 1.807) is 0 Å². The van der Waals surface area contributed by atoms with E-state index in [4.69, 9.17) is 0 Å². The number of amides is 2. The Hall–Kier alpha value is -1.49. The monoisotopic (exact) mass is 506 g/mol. The second-order valence-corrected chi connectivity index (χ2v) is 15.0. The first-order chi connectivity index (χ1) is 17.4. The fourth-order valence-electron chi connectivity index (χ4n) is 10.7. The fourth-order valence-corrected chi connectivity index (χ4v) is 11.5. The lowest BCUT2D eigenvalue weighted by Gasteiger charge is -2.59. The number of hydrogen-bond acceptors (Lipinski definition) is 3. The van der Waals surface area contributed by atoms with Crippen LogP contribution in [0.15, 0.2) is 29.2 Å². The summed E-state index contributed by atoms with van der Waals surface area (Å²) in [6.45, 7) is 2.25. The van der Waals surface area contributed by atoms with Gasteiger partial charge < -0.3 is 10.6 Å². The molecule has 1 aromatic rings. The molecule has 36 heavy (non-hydrogen) atoms. The molecule has 1 unspecified atom stereocenters. The van der Waals surface area contributed by atoms with Crippen molar-refractivity contribution in [2.75, 3.05) is 5.75 Å². The van der Waals surface area contributed by atoms with Gasteiger partial charge in [-0.25, -0.2) is 0 Å². The maximum atomic E-state index is 13.5. The number of thioether (sulfide) groups is 1. The van der Waals surface area contributed by atoms with E-state index in [1.165, 1.54) is 88.8 Å². The molecule has 8 aliphatic rings. The predicted molar refractivity (Wildman–Crippen MR) is 144 cm³/mol. The molecule has 4 nitrogen and oxygen atoms in total. The van der Waals surface area contributed by atoms with Crippen molar-refractivity contribution in [3.63, 3.8) is 0 Å². The van der Waals surface area contributed by atoms with Gasteiger partial charge in [-0.1, -0.05) is 12.1 Å². The zero-order valence-corrected chi connectivity index (χ0v) is 22.6. The second-order valence-electron chi connectivity index (χ2n) is 14.0. The highest BCUT2D eigenvalue weighted by Gasteiger charge is 2.54. The van der Waals surface area contributed by atoms with E-state index in [9.17, 15) is 9.59 Å². The molecule has 194 valence electrons. The van der Waals surface area contributed by atoms with Crippen LogP contribution in [0.2, 0.25) is 0 Å². The van der Waals surface area contributed by atoms with Crippen molar-refractivity contribution >= 4 is 23.6 Å². The molecular weight excluding hydrogens is 464 g/mol. The third kappa shape index (κ3) is 4.22. The van der Waals surface area contributed by atoms with E-state index in [0.29, 0.717) is 11.2 Å². The van der Waals surface area contributed by atoms with Crippen molar-refractivity contribution in [1.82, 2.24) is 10.6 Å². The number of hydrogen-bond donors (Lipinski definition) is 2. The van der Waals surface area contributed by atoms with Crippen molar-refractivity contribution in [1.29, 1.82) is 0 Å². The Morgan fingerprint density at radius 3 is 1.89 bits per heavy atom. The van der Waals surface area contributed by atoms with Crippen LogP contribution in [0.5, 0.6) is 0 Å². The van der Waals surface area contributed by atoms with Gasteiger partial charge in [0.2, 0.25) is 5.91 Å². The zero-order chi connectivity index (χ0) is 24.5. The summed E-state index contributed by atoms with van der Waals surface area (Å²) in [5.74, 6) is 5.67. The van der Waals surface area contributed by atoms with Crippen LogP contribution < -0.4 is 10.6 Å². The van der Waals surface area contributed by atoms with Crippen LogP contribution in [0.1, 0.15) is 94.3 Å². The summed E-state index contributed by atoms with van der Waals surface area (Å²) < 4.78 is 0. The van der Waals surface area contributed by atoms with Crippen LogP contribution in [0, 0.1) is 40.9 Å². The Balaban J connectivity index is 0.988.